The van der Waals surface area contributed by atoms with Gasteiger partial charge in [-0.1, -0.05) is 24.3 Å². The number of hydrogen-bond acceptors (Lipinski definition) is 8. The molecule has 2 aromatic rings. The highest BCUT2D eigenvalue weighted by Gasteiger charge is 2.45. The van der Waals surface area contributed by atoms with E-state index in [1.165, 1.54) is 25.6 Å². The molecule has 0 aliphatic carbocycles. The Balaban J connectivity index is 1.37. The lowest BCUT2D eigenvalue weighted by atomic mass is 9.46. The highest BCUT2D eigenvalue weighted by atomic mass is 35.5. The number of fused-ring (bicyclic) bond motifs is 3. The molecule has 170 valence electrons. The maximum absolute atomic E-state index is 15.0. The van der Waals surface area contributed by atoms with Crippen LogP contribution in [0.4, 0.5) is 10.2 Å². The normalized spacial score (nSPS) is 27.2. The first-order valence-electron chi connectivity index (χ1n) is 11.6. The molecule has 6 rings (SSSR count). The van der Waals surface area contributed by atoms with Crippen molar-refractivity contribution in [2.75, 3.05) is 37.7 Å². The first kappa shape index (κ1) is 21.2. The Labute approximate surface area is 196 Å². The van der Waals surface area contributed by atoms with Crippen molar-refractivity contribution in [2.45, 2.75) is 55.2 Å². The van der Waals surface area contributed by atoms with E-state index in [4.69, 9.17) is 27.1 Å². The summed E-state index contributed by atoms with van der Waals surface area (Å²) >= 11 is 7.85. The summed E-state index contributed by atoms with van der Waals surface area (Å²) < 4.78 is 21.2. The van der Waals surface area contributed by atoms with Gasteiger partial charge in [-0.2, -0.15) is 21.6 Å². The Bertz CT molecular complexity index is 1040. The monoisotopic (exact) mass is 476 g/mol. The van der Waals surface area contributed by atoms with E-state index in [0.29, 0.717) is 36.2 Å². The molecule has 6 heterocycles. The number of nitrogens with two attached hydrogens (primary N) is 1. The van der Waals surface area contributed by atoms with E-state index in [-0.39, 0.29) is 27.6 Å². The highest BCUT2D eigenvalue weighted by Crippen LogP contribution is 2.45. The molecule has 0 radical (unpaired) electrons. The van der Waals surface area contributed by atoms with Gasteiger partial charge in [-0.05, 0) is 44.6 Å². The van der Waals surface area contributed by atoms with Crippen LogP contribution in [-0.2, 0) is 0 Å². The Hall–Kier alpha value is -1.36. The number of aromatic nitrogens is 3. The summed E-state index contributed by atoms with van der Waals surface area (Å²) in [6.07, 6.45) is 8.59. The van der Waals surface area contributed by atoms with Crippen molar-refractivity contribution in [2.24, 2.45) is 5.73 Å². The van der Waals surface area contributed by atoms with Crippen molar-refractivity contribution >= 4 is 45.9 Å². The molecule has 4 aliphatic heterocycles. The molecule has 4 saturated heterocycles. The van der Waals surface area contributed by atoms with Gasteiger partial charge >= 0.3 is 6.01 Å². The Kier molecular flexibility index (Phi) is 5.40. The summed E-state index contributed by atoms with van der Waals surface area (Å²) in [5, 5.41) is 0.344. The van der Waals surface area contributed by atoms with Gasteiger partial charge in [-0.3, -0.25) is 4.90 Å². The van der Waals surface area contributed by atoms with E-state index in [2.05, 4.69) is 19.8 Å². The Morgan fingerprint density at radius 3 is 2.84 bits per heavy atom. The second-order valence-electron chi connectivity index (χ2n) is 9.62. The lowest BCUT2D eigenvalue weighted by molar-refractivity contribution is 0.108. The van der Waals surface area contributed by atoms with Gasteiger partial charge in [0.2, 0.25) is 5.99 Å². The minimum absolute atomic E-state index is 0.0192. The van der Waals surface area contributed by atoms with Crippen LogP contribution in [0.5, 0.6) is 6.01 Å². The molecule has 7 nitrogen and oxygen atoms in total. The van der Waals surface area contributed by atoms with Crippen molar-refractivity contribution in [3.8, 4) is 6.01 Å². The van der Waals surface area contributed by atoms with Gasteiger partial charge in [0.05, 0.1) is 16.3 Å². The minimum Gasteiger partial charge on any atom is -0.461 e. The van der Waals surface area contributed by atoms with Gasteiger partial charge in [0.15, 0.2) is 11.0 Å². The van der Waals surface area contributed by atoms with Crippen molar-refractivity contribution in [1.82, 2.24) is 19.9 Å². The van der Waals surface area contributed by atoms with Gasteiger partial charge in [-0.25, -0.2) is 9.37 Å². The molecule has 2 unspecified atom stereocenters. The SMILES string of the molecule is NC1CN(c2nc(OCC34CCCN3CCC4)nc3c(F)c(Cl)ncc23)CC2CCB2S1. The number of hydrogen-bond donors (Lipinski definition) is 1. The zero-order valence-electron chi connectivity index (χ0n) is 18.0. The lowest BCUT2D eigenvalue weighted by Gasteiger charge is -2.34. The molecular weight excluding hydrogens is 450 g/mol. The molecule has 0 amide bonds. The third-order valence-corrected chi connectivity index (χ3v) is 9.47. The zero-order chi connectivity index (χ0) is 21.9. The van der Waals surface area contributed by atoms with E-state index in [1.54, 1.807) is 6.20 Å². The van der Waals surface area contributed by atoms with Crippen LogP contribution in [0.25, 0.3) is 10.9 Å². The standard InChI is InChI=1S/C21H27BClFN6OS/c23-18-16(24)17-14(9-26-18)19(29-10-13-3-6-22(13)32-15(25)11-29)28-20(27-17)31-12-21-4-1-7-30(21)8-2-5-21/h9,13,15H,1-8,10-12,25H2. The van der Waals surface area contributed by atoms with Crippen LogP contribution in [0.2, 0.25) is 17.3 Å². The summed E-state index contributed by atoms with van der Waals surface area (Å²) in [5.74, 6) is 1.17. The van der Waals surface area contributed by atoms with E-state index >= 15 is 0 Å². The number of pyridine rings is 1. The molecule has 11 heteroatoms. The Morgan fingerprint density at radius 2 is 2.09 bits per heavy atom. The summed E-state index contributed by atoms with van der Waals surface area (Å²) in [4.78, 5) is 18.0. The van der Waals surface area contributed by atoms with Gasteiger partial charge in [0.1, 0.15) is 17.9 Å². The van der Waals surface area contributed by atoms with Gasteiger partial charge in [0.25, 0.3) is 0 Å². The molecular formula is C21H27BClFN6OS. The van der Waals surface area contributed by atoms with Crippen LogP contribution >= 0.6 is 23.2 Å². The van der Waals surface area contributed by atoms with Gasteiger partial charge in [0, 0.05) is 19.3 Å². The number of nitrogens with zero attached hydrogens (tertiary/aromatic N) is 5. The second kappa shape index (κ2) is 8.15. The van der Waals surface area contributed by atoms with Crippen molar-refractivity contribution in [3.63, 3.8) is 0 Å². The van der Waals surface area contributed by atoms with E-state index in [0.717, 1.165) is 32.5 Å². The quantitative estimate of drug-likeness (QED) is 0.531. The highest BCUT2D eigenvalue weighted by molar-refractivity contribution is 8.26. The van der Waals surface area contributed by atoms with Crippen LogP contribution in [0, 0.1) is 5.82 Å². The van der Waals surface area contributed by atoms with Crippen LogP contribution < -0.4 is 15.4 Å². The molecule has 4 fully saturated rings. The average Bonchev–Trinajstić information content (AvgIpc) is 3.32. The summed E-state index contributed by atoms with van der Waals surface area (Å²) in [6.45, 7) is 4.26. The van der Waals surface area contributed by atoms with E-state index in [9.17, 15) is 4.39 Å². The van der Waals surface area contributed by atoms with Crippen LogP contribution in [-0.4, -0.2) is 69.5 Å². The maximum atomic E-state index is 15.0. The molecule has 0 bridgehead atoms. The molecule has 0 aromatic carbocycles. The first-order chi connectivity index (χ1) is 15.5. The molecule has 2 atom stereocenters. The molecule has 2 aromatic heterocycles. The lowest BCUT2D eigenvalue weighted by Crippen LogP contribution is -2.43. The van der Waals surface area contributed by atoms with Crippen molar-refractivity contribution in [1.29, 1.82) is 0 Å². The predicted octanol–water partition coefficient (Wildman–Crippen LogP) is 3.43. The van der Waals surface area contributed by atoms with Gasteiger partial charge in [-0.15, -0.1) is 0 Å². The third kappa shape index (κ3) is 3.54. The van der Waals surface area contributed by atoms with Crippen LogP contribution in [0.15, 0.2) is 6.20 Å². The second-order valence-corrected chi connectivity index (χ2v) is 11.5. The molecule has 0 saturated carbocycles. The minimum atomic E-state index is -0.630. The third-order valence-electron chi connectivity index (χ3n) is 7.73. The maximum Gasteiger partial charge on any atom is 0.319 e. The summed E-state index contributed by atoms with van der Waals surface area (Å²) in [7, 11) is 0. The number of rotatable bonds is 4. The average molecular weight is 477 g/mol. The fourth-order valence-corrected chi connectivity index (χ4v) is 7.48. The van der Waals surface area contributed by atoms with Crippen LogP contribution in [0.1, 0.15) is 32.1 Å². The van der Waals surface area contributed by atoms with Crippen LogP contribution in [0.3, 0.4) is 0 Å². The molecule has 32 heavy (non-hydrogen) atoms. The zero-order valence-corrected chi connectivity index (χ0v) is 19.5. The van der Waals surface area contributed by atoms with E-state index < -0.39 is 5.82 Å². The smallest absolute Gasteiger partial charge is 0.319 e. The first-order valence-corrected chi connectivity index (χ1v) is 12.9. The van der Waals surface area contributed by atoms with Crippen molar-refractivity contribution in [3.05, 3.63) is 17.2 Å². The fraction of sp³-hybridized carbons (Fsp3) is 0.667. The fourth-order valence-electron chi connectivity index (χ4n) is 5.91. The molecule has 2 N–H and O–H groups in total. The topological polar surface area (TPSA) is 80.4 Å². The Morgan fingerprint density at radius 1 is 1.28 bits per heavy atom. The largest absolute Gasteiger partial charge is 0.461 e. The molecule has 0 spiro atoms. The predicted molar refractivity (Wildman–Crippen MR) is 127 cm³/mol. The summed E-state index contributed by atoms with van der Waals surface area (Å²) in [6, 6.07) is 0.206. The number of halogens is 2. The van der Waals surface area contributed by atoms with Crippen molar-refractivity contribution < 1.29 is 9.13 Å². The number of anilines is 1. The number of ether oxygens (including phenoxy) is 1. The van der Waals surface area contributed by atoms with E-state index in [1.807, 2.05) is 11.6 Å². The van der Waals surface area contributed by atoms with Gasteiger partial charge < -0.3 is 15.4 Å². The molecule has 4 aliphatic rings. The summed E-state index contributed by atoms with van der Waals surface area (Å²) in [5.41, 5.74) is 6.64.